The molecule has 1 atom stereocenters. The van der Waals surface area contributed by atoms with Crippen LogP contribution in [-0.4, -0.2) is 29.1 Å². The predicted molar refractivity (Wildman–Crippen MR) is 78.7 cm³/mol. The Bertz CT molecular complexity index is 509. The number of benzene rings is 1. The molecule has 0 spiro atoms. The van der Waals surface area contributed by atoms with Crippen LogP contribution in [0.25, 0.3) is 0 Å². The van der Waals surface area contributed by atoms with Gasteiger partial charge in [-0.25, -0.2) is 0 Å². The van der Waals surface area contributed by atoms with E-state index in [0.29, 0.717) is 6.54 Å². The molecule has 3 rings (SSSR count). The van der Waals surface area contributed by atoms with Crippen molar-refractivity contribution in [2.75, 3.05) is 13.1 Å². The lowest BCUT2D eigenvalue weighted by molar-refractivity contribution is -0.148. The number of nitrogens with zero attached hydrogens (tertiary/aromatic N) is 1. The maximum absolute atomic E-state index is 11.5. The van der Waals surface area contributed by atoms with E-state index in [9.17, 15) is 9.90 Å². The third-order valence-corrected chi connectivity index (χ3v) is 5.03. The molecule has 20 heavy (non-hydrogen) atoms. The summed E-state index contributed by atoms with van der Waals surface area (Å²) in [6.07, 6.45) is 4.13. The maximum Gasteiger partial charge on any atom is 0.310 e. The van der Waals surface area contributed by atoms with E-state index in [-0.39, 0.29) is 0 Å². The third-order valence-electron chi connectivity index (χ3n) is 5.03. The molecule has 0 amide bonds. The minimum absolute atomic E-state index is 0.519. The van der Waals surface area contributed by atoms with Crippen molar-refractivity contribution in [2.45, 2.75) is 45.1 Å². The van der Waals surface area contributed by atoms with Gasteiger partial charge in [0, 0.05) is 13.1 Å². The first kappa shape index (κ1) is 13.6. The molecule has 1 saturated heterocycles. The van der Waals surface area contributed by atoms with Gasteiger partial charge in [0.2, 0.25) is 0 Å². The van der Waals surface area contributed by atoms with E-state index < -0.39 is 11.4 Å². The number of rotatable bonds is 5. The quantitative estimate of drug-likeness (QED) is 0.895. The lowest BCUT2D eigenvalue weighted by Crippen LogP contribution is -2.34. The van der Waals surface area contributed by atoms with Crippen LogP contribution in [0.4, 0.5) is 0 Å². The number of carboxylic acids is 1. The second-order valence-electron chi connectivity index (χ2n) is 6.37. The molecule has 2 fully saturated rings. The first-order valence-electron chi connectivity index (χ1n) is 7.68. The molecular weight excluding hydrogens is 250 g/mol. The van der Waals surface area contributed by atoms with E-state index in [2.05, 4.69) is 29.2 Å². The minimum Gasteiger partial charge on any atom is -0.481 e. The van der Waals surface area contributed by atoms with Crippen LogP contribution in [-0.2, 0) is 11.3 Å². The Balaban J connectivity index is 1.72. The highest BCUT2D eigenvalue weighted by Gasteiger charge is 2.43. The average Bonchev–Trinajstić information content (AvgIpc) is 3.20. The summed E-state index contributed by atoms with van der Waals surface area (Å²) < 4.78 is 0. The van der Waals surface area contributed by atoms with Gasteiger partial charge >= 0.3 is 5.97 Å². The number of hydrogen-bond donors (Lipinski definition) is 1. The Morgan fingerprint density at radius 3 is 2.75 bits per heavy atom. The molecule has 1 aromatic carbocycles. The Morgan fingerprint density at radius 1 is 1.40 bits per heavy atom. The van der Waals surface area contributed by atoms with Crippen LogP contribution in [0.5, 0.6) is 0 Å². The van der Waals surface area contributed by atoms with Gasteiger partial charge in [0.05, 0.1) is 5.41 Å². The van der Waals surface area contributed by atoms with Crippen LogP contribution in [0.15, 0.2) is 24.3 Å². The summed E-state index contributed by atoms with van der Waals surface area (Å²) in [6.45, 7) is 4.49. The first-order chi connectivity index (χ1) is 9.64. The fraction of sp³-hybridized carbons (Fsp3) is 0.588. The Labute approximate surface area is 120 Å². The molecule has 1 saturated carbocycles. The molecule has 3 nitrogen and oxygen atoms in total. The summed E-state index contributed by atoms with van der Waals surface area (Å²) in [5.74, 6) is 0.127. The fourth-order valence-corrected chi connectivity index (χ4v) is 3.42. The second-order valence-corrected chi connectivity index (χ2v) is 6.37. The normalized spacial score (nSPS) is 26.9. The third kappa shape index (κ3) is 2.47. The zero-order valence-electron chi connectivity index (χ0n) is 12.1. The highest BCUT2D eigenvalue weighted by molar-refractivity contribution is 5.75. The van der Waals surface area contributed by atoms with Gasteiger partial charge in [-0.15, -0.1) is 0 Å². The SMILES string of the molecule is CCC1(C(=O)O)CCN(Cc2ccccc2C2CC2)C1. The topological polar surface area (TPSA) is 40.5 Å². The highest BCUT2D eigenvalue weighted by atomic mass is 16.4. The summed E-state index contributed by atoms with van der Waals surface area (Å²) in [7, 11) is 0. The largest absolute Gasteiger partial charge is 0.481 e. The van der Waals surface area contributed by atoms with Gasteiger partial charge in [0.25, 0.3) is 0 Å². The lowest BCUT2D eigenvalue weighted by atomic mass is 9.84. The van der Waals surface area contributed by atoms with Gasteiger partial charge in [-0.05, 0) is 49.3 Å². The molecule has 0 aromatic heterocycles. The van der Waals surface area contributed by atoms with Crippen LogP contribution in [0, 0.1) is 5.41 Å². The van der Waals surface area contributed by atoms with Crippen LogP contribution >= 0.6 is 0 Å². The summed E-state index contributed by atoms with van der Waals surface area (Å²) in [5.41, 5.74) is 2.36. The molecule has 1 aliphatic carbocycles. The van der Waals surface area contributed by atoms with Crippen LogP contribution in [0.1, 0.15) is 49.7 Å². The smallest absolute Gasteiger partial charge is 0.310 e. The monoisotopic (exact) mass is 273 g/mol. The van der Waals surface area contributed by atoms with E-state index in [0.717, 1.165) is 31.8 Å². The second kappa shape index (κ2) is 5.21. The Morgan fingerprint density at radius 2 is 2.15 bits per heavy atom. The van der Waals surface area contributed by atoms with Gasteiger partial charge in [-0.2, -0.15) is 0 Å². The fourth-order valence-electron chi connectivity index (χ4n) is 3.42. The van der Waals surface area contributed by atoms with Crippen molar-refractivity contribution in [3.8, 4) is 0 Å². The Kier molecular flexibility index (Phi) is 3.55. The van der Waals surface area contributed by atoms with Gasteiger partial charge in [-0.3, -0.25) is 9.69 Å². The van der Waals surface area contributed by atoms with E-state index in [1.54, 1.807) is 0 Å². The highest BCUT2D eigenvalue weighted by Crippen LogP contribution is 2.42. The summed E-state index contributed by atoms with van der Waals surface area (Å²) in [5, 5.41) is 9.47. The number of carbonyl (C=O) groups is 1. The molecule has 3 heteroatoms. The van der Waals surface area contributed by atoms with Crippen molar-refractivity contribution in [3.63, 3.8) is 0 Å². The van der Waals surface area contributed by atoms with Gasteiger partial charge < -0.3 is 5.11 Å². The van der Waals surface area contributed by atoms with Crippen molar-refractivity contribution < 1.29 is 9.90 Å². The zero-order chi connectivity index (χ0) is 14.2. The molecule has 1 aliphatic heterocycles. The van der Waals surface area contributed by atoms with Gasteiger partial charge in [0.1, 0.15) is 0 Å². The van der Waals surface area contributed by atoms with Crippen molar-refractivity contribution >= 4 is 5.97 Å². The molecule has 1 heterocycles. The average molecular weight is 273 g/mol. The molecule has 0 bridgehead atoms. The van der Waals surface area contributed by atoms with Crippen LogP contribution in [0.3, 0.4) is 0 Å². The van der Waals surface area contributed by atoms with E-state index in [1.807, 2.05) is 6.92 Å². The van der Waals surface area contributed by atoms with Crippen molar-refractivity contribution in [2.24, 2.45) is 5.41 Å². The number of aliphatic carboxylic acids is 1. The summed E-state index contributed by atoms with van der Waals surface area (Å²) in [4.78, 5) is 13.8. The van der Waals surface area contributed by atoms with E-state index in [1.165, 1.54) is 24.0 Å². The molecule has 1 aromatic rings. The van der Waals surface area contributed by atoms with Gasteiger partial charge in [0.15, 0.2) is 0 Å². The van der Waals surface area contributed by atoms with Crippen LogP contribution in [0.2, 0.25) is 0 Å². The molecule has 2 aliphatic rings. The first-order valence-corrected chi connectivity index (χ1v) is 7.68. The van der Waals surface area contributed by atoms with Crippen LogP contribution < -0.4 is 0 Å². The summed E-state index contributed by atoms with van der Waals surface area (Å²) in [6, 6.07) is 8.67. The van der Waals surface area contributed by atoms with Crippen molar-refractivity contribution in [1.82, 2.24) is 4.90 Å². The molecule has 0 radical (unpaired) electrons. The molecular formula is C17H23NO2. The Hall–Kier alpha value is -1.35. The molecule has 1 unspecified atom stereocenters. The number of likely N-dealkylation sites (tertiary alicyclic amines) is 1. The molecule has 1 N–H and O–H groups in total. The lowest BCUT2D eigenvalue weighted by Gasteiger charge is -2.23. The maximum atomic E-state index is 11.5. The summed E-state index contributed by atoms with van der Waals surface area (Å²) >= 11 is 0. The van der Waals surface area contributed by atoms with Crippen molar-refractivity contribution in [1.29, 1.82) is 0 Å². The van der Waals surface area contributed by atoms with E-state index >= 15 is 0 Å². The standard InChI is InChI=1S/C17H23NO2/c1-2-17(16(19)20)9-10-18(12-17)11-14-5-3-4-6-15(14)13-7-8-13/h3-6,13H,2,7-12H2,1H3,(H,19,20). The van der Waals surface area contributed by atoms with Crippen molar-refractivity contribution in [3.05, 3.63) is 35.4 Å². The number of hydrogen-bond acceptors (Lipinski definition) is 2. The van der Waals surface area contributed by atoms with Gasteiger partial charge in [-0.1, -0.05) is 31.2 Å². The molecule has 108 valence electrons. The van der Waals surface area contributed by atoms with E-state index in [4.69, 9.17) is 0 Å². The number of carboxylic acid groups (broad SMARTS) is 1. The predicted octanol–water partition coefficient (Wildman–Crippen LogP) is 3.25. The minimum atomic E-state index is -0.627. The zero-order valence-corrected chi connectivity index (χ0v) is 12.1.